The van der Waals surface area contributed by atoms with Gasteiger partial charge < -0.3 is 10.4 Å². The first-order valence-electron chi connectivity index (χ1n) is 7.92. The highest BCUT2D eigenvalue weighted by atomic mass is 16.3. The molecule has 3 unspecified atom stereocenters. The van der Waals surface area contributed by atoms with Gasteiger partial charge in [0.2, 0.25) is 0 Å². The van der Waals surface area contributed by atoms with Crippen molar-refractivity contribution in [3.8, 4) is 0 Å². The molecular weight excluding hydrogens is 222 g/mol. The lowest BCUT2D eigenvalue weighted by Crippen LogP contribution is -2.57. The predicted molar refractivity (Wildman–Crippen MR) is 74.3 cm³/mol. The van der Waals surface area contributed by atoms with E-state index in [2.05, 4.69) is 19.2 Å². The van der Waals surface area contributed by atoms with Crippen molar-refractivity contribution in [3.63, 3.8) is 0 Å². The lowest BCUT2D eigenvalue weighted by molar-refractivity contribution is -0.0738. The zero-order valence-electron chi connectivity index (χ0n) is 12.2. The number of aliphatic hydroxyl groups excluding tert-OH is 1. The summed E-state index contributed by atoms with van der Waals surface area (Å²) in [6.45, 7) is 6.37. The van der Waals surface area contributed by atoms with Gasteiger partial charge in [0.15, 0.2) is 0 Å². The smallest absolute Gasteiger partial charge is 0.0662 e. The normalized spacial score (nSPS) is 47.0. The monoisotopic (exact) mass is 251 g/mol. The molecule has 0 aromatic carbocycles. The first kappa shape index (κ1) is 12.9. The van der Waals surface area contributed by atoms with E-state index in [1.807, 2.05) is 6.92 Å². The first-order valence-corrected chi connectivity index (χ1v) is 7.92. The van der Waals surface area contributed by atoms with E-state index in [0.717, 1.165) is 17.8 Å². The number of hydrogen-bond donors (Lipinski definition) is 2. The second-order valence-corrected chi connectivity index (χ2v) is 7.70. The molecular formula is C16H29NO. The topological polar surface area (TPSA) is 32.3 Å². The third kappa shape index (κ3) is 2.12. The predicted octanol–water partition coefficient (Wildman–Crippen LogP) is 2.95. The molecule has 4 saturated carbocycles. The minimum absolute atomic E-state index is 0.216. The Hall–Kier alpha value is -0.0800. The maximum atomic E-state index is 9.69. The summed E-state index contributed by atoms with van der Waals surface area (Å²) in [6.07, 6.45) is 8.62. The summed E-state index contributed by atoms with van der Waals surface area (Å²) in [6, 6.07) is 0.781. The molecule has 3 atom stereocenters. The van der Waals surface area contributed by atoms with E-state index >= 15 is 0 Å². The quantitative estimate of drug-likeness (QED) is 0.805. The van der Waals surface area contributed by atoms with Crippen molar-refractivity contribution in [2.75, 3.05) is 0 Å². The highest BCUT2D eigenvalue weighted by Gasteiger charge is 2.53. The second-order valence-electron chi connectivity index (χ2n) is 7.70. The van der Waals surface area contributed by atoms with E-state index in [-0.39, 0.29) is 12.1 Å². The minimum Gasteiger partial charge on any atom is -0.392 e. The molecule has 0 aromatic rings. The maximum Gasteiger partial charge on any atom is 0.0662 e. The first-order chi connectivity index (χ1) is 8.48. The molecule has 0 saturated heterocycles. The van der Waals surface area contributed by atoms with Gasteiger partial charge in [-0.3, -0.25) is 0 Å². The summed E-state index contributed by atoms with van der Waals surface area (Å²) in [7, 11) is 0. The molecule has 2 heteroatoms. The van der Waals surface area contributed by atoms with E-state index in [1.165, 1.54) is 38.5 Å². The van der Waals surface area contributed by atoms with Gasteiger partial charge in [-0.05, 0) is 82.5 Å². The Kier molecular flexibility index (Phi) is 3.22. The van der Waals surface area contributed by atoms with Gasteiger partial charge in [0.25, 0.3) is 0 Å². The Morgan fingerprint density at radius 2 is 1.39 bits per heavy atom. The van der Waals surface area contributed by atoms with E-state index in [0.29, 0.717) is 11.5 Å². The van der Waals surface area contributed by atoms with Crippen LogP contribution in [0.5, 0.6) is 0 Å². The molecule has 0 amide bonds. The number of aliphatic hydroxyl groups is 1. The van der Waals surface area contributed by atoms with Gasteiger partial charge in [0.1, 0.15) is 0 Å². The Morgan fingerprint density at radius 1 is 0.944 bits per heavy atom. The standard InChI is InChI=1S/C16H29NO/c1-10(11(2)18)17-12(3)16-7-13-4-14(8-16)6-15(5-13)9-16/h10-15,17-18H,4-9H2,1-3H3. The lowest BCUT2D eigenvalue weighted by atomic mass is 9.48. The fourth-order valence-corrected chi connectivity index (χ4v) is 5.42. The van der Waals surface area contributed by atoms with Crippen LogP contribution in [0.25, 0.3) is 0 Å². The summed E-state index contributed by atoms with van der Waals surface area (Å²) in [5.74, 6) is 3.05. The third-order valence-electron chi connectivity index (χ3n) is 6.24. The van der Waals surface area contributed by atoms with Crippen LogP contribution in [-0.2, 0) is 0 Å². The summed E-state index contributed by atoms with van der Waals surface area (Å²) in [4.78, 5) is 0. The van der Waals surface area contributed by atoms with Crippen LogP contribution in [0.3, 0.4) is 0 Å². The fraction of sp³-hybridized carbons (Fsp3) is 1.00. The molecule has 0 radical (unpaired) electrons. The van der Waals surface area contributed by atoms with E-state index < -0.39 is 0 Å². The molecule has 0 spiro atoms. The van der Waals surface area contributed by atoms with Crippen molar-refractivity contribution < 1.29 is 5.11 Å². The van der Waals surface area contributed by atoms with Crippen LogP contribution in [0.4, 0.5) is 0 Å². The number of nitrogens with one attached hydrogen (secondary N) is 1. The number of hydrogen-bond acceptors (Lipinski definition) is 2. The van der Waals surface area contributed by atoms with Crippen LogP contribution in [0.2, 0.25) is 0 Å². The highest BCUT2D eigenvalue weighted by molar-refractivity contribution is 5.05. The summed E-state index contributed by atoms with van der Waals surface area (Å²) >= 11 is 0. The maximum absolute atomic E-state index is 9.69. The molecule has 18 heavy (non-hydrogen) atoms. The molecule has 0 aromatic heterocycles. The van der Waals surface area contributed by atoms with E-state index in [1.54, 1.807) is 0 Å². The SMILES string of the molecule is CC(O)C(C)NC(C)C12CC3CC(CC(C3)C1)C2. The van der Waals surface area contributed by atoms with E-state index in [4.69, 9.17) is 0 Å². The van der Waals surface area contributed by atoms with Crippen molar-refractivity contribution in [2.45, 2.75) is 77.5 Å². The van der Waals surface area contributed by atoms with Crippen molar-refractivity contribution >= 4 is 0 Å². The molecule has 4 aliphatic carbocycles. The van der Waals surface area contributed by atoms with Gasteiger partial charge >= 0.3 is 0 Å². The highest BCUT2D eigenvalue weighted by Crippen LogP contribution is 2.61. The Morgan fingerprint density at radius 3 is 1.78 bits per heavy atom. The largest absolute Gasteiger partial charge is 0.392 e. The van der Waals surface area contributed by atoms with Crippen molar-refractivity contribution in [1.82, 2.24) is 5.32 Å². The summed E-state index contributed by atoms with van der Waals surface area (Å²) in [5, 5.41) is 13.4. The van der Waals surface area contributed by atoms with Gasteiger partial charge in [0.05, 0.1) is 6.10 Å². The van der Waals surface area contributed by atoms with Crippen LogP contribution in [0.1, 0.15) is 59.3 Å². The van der Waals surface area contributed by atoms with Crippen LogP contribution >= 0.6 is 0 Å². The summed E-state index contributed by atoms with van der Waals surface area (Å²) < 4.78 is 0. The molecule has 0 heterocycles. The molecule has 4 rings (SSSR count). The second kappa shape index (κ2) is 4.49. The van der Waals surface area contributed by atoms with Gasteiger partial charge in [-0.15, -0.1) is 0 Å². The Labute approximate surface area is 112 Å². The molecule has 2 N–H and O–H groups in total. The van der Waals surface area contributed by atoms with Gasteiger partial charge in [0, 0.05) is 12.1 Å². The Bertz CT molecular complexity index is 277. The van der Waals surface area contributed by atoms with Crippen LogP contribution < -0.4 is 5.32 Å². The average Bonchev–Trinajstić information content (AvgIpc) is 2.26. The average molecular weight is 251 g/mol. The lowest BCUT2D eigenvalue weighted by Gasteiger charge is -2.59. The van der Waals surface area contributed by atoms with Gasteiger partial charge in [-0.25, -0.2) is 0 Å². The molecule has 0 aliphatic heterocycles. The van der Waals surface area contributed by atoms with Gasteiger partial charge in [-0.1, -0.05) is 0 Å². The summed E-state index contributed by atoms with van der Waals surface area (Å²) in [5.41, 5.74) is 0.553. The van der Waals surface area contributed by atoms with Crippen molar-refractivity contribution in [2.24, 2.45) is 23.2 Å². The zero-order chi connectivity index (χ0) is 12.9. The molecule has 4 bridgehead atoms. The van der Waals surface area contributed by atoms with Crippen molar-refractivity contribution in [3.05, 3.63) is 0 Å². The number of rotatable bonds is 4. The molecule has 4 fully saturated rings. The van der Waals surface area contributed by atoms with Crippen LogP contribution in [0, 0.1) is 23.2 Å². The Balaban J connectivity index is 1.71. The van der Waals surface area contributed by atoms with E-state index in [9.17, 15) is 5.11 Å². The molecule has 2 nitrogen and oxygen atoms in total. The zero-order valence-corrected chi connectivity index (χ0v) is 12.2. The molecule has 4 aliphatic rings. The fourth-order valence-electron chi connectivity index (χ4n) is 5.42. The van der Waals surface area contributed by atoms with Crippen LogP contribution in [-0.4, -0.2) is 23.3 Å². The minimum atomic E-state index is -0.249. The van der Waals surface area contributed by atoms with Crippen LogP contribution in [0.15, 0.2) is 0 Å². The van der Waals surface area contributed by atoms with Crippen molar-refractivity contribution in [1.29, 1.82) is 0 Å². The molecule has 104 valence electrons. The third-order valence-corrected chi connectivity index (χ3v) is 6.24. The van der Waals surface area contributed by atoms with Gasteiger partial charge in [-0.2, -0.15) is 0 Å².